The molecule has 2 aromatic carbocycles. The molecule has 6 nitrogen and oxygen atoms in total. The zero-order valence-electron chi connectivity index (χ0n) is 11.1. The first-order valence-electron chi connectivity index (χ1n) is 5.94. The highest BCUT2D eigenvalue weighted by molar-refractivity contribution is 5.53. The number of hydrogen-bond acceptors (Lipinski definition) is 5. The number of nitro benzene ring substituents is 1. The largest absolute Gasteiger partial charge is 0.496 e. The molecule has 2 rings (SSSR count). The van der Waals surface area contributed by atoms with Gasteiger partial charge in [-0.15, -0.1) is 0 Å². The third kappa shape index (κ3) is 3.26. The Kier molecular flexibility index (Phi) is 4.34. The van der Waals surface area contributed by atoms with Gasteiger partial charge < -0.3 is 14.6 Å². The molecule has 0 bridgehead atoms. The first-order chi connectivity index (χ1) is 10.0. The molecule has 0 saturated carbocycles. The summed E-state index contributed by atoms with van der Waals surface area (Å²) in [4.78, 5) is 10.4. The Morgan fingerprint density at radius 3 is 2.57 bits per heavy atom. The van der Waals surface area contributed by atoms with Crippen molar-refractivity contribution in [1.29, 1.82) is 0 Å². The molecule has 2 aromatic rings. The lowest BCUT2D eigenvalue weighted by Gasteiger charge is -2.10. The topological polar surface area (TPSA) is 81.8 Å². The summed E-state index contributed by atoms with van der Waals surface area (Å²) < 4.78 is 23.4. The molecule has 0 aliphatic rings. The van der Waals surface area contributed by atoms with Gasteiger partial charge >= 0.3 is 5.69 Å². The molecule has 0 unspecified atom stereocenters. The summed E-state index contributed by atoms with van der Waals surface area (Å²) in [5, 5.41) is 20.2. The van der Waals surface area contributed by atoms with E-state index < -0.39 is 17.3 Å². The van der Waals surface area contributed by atoms with Crippen molar-refractivity contribution in [2.45, 2.75) is 6.61 Å². The molecule has 0 spiro atoms. The predicted molar refractivity (Wildman–Crippen MR) is 72.0 cm³/mol. The molecule has 0 aliphatic heterocycles. The first-order valence-corrected chi connectivity index (χ1v) is 5.94. The van der Waals surface area contributed by atoms with Crippen molar-refractivity contribution < 1.29 is 23.9 Å². The second-order valence-electron chi connectivity index (χ2n) is 4.10. The fraction of sp³-hybridized carbons (Fsp3) is 0.143. The normalized spacial score (nSPS) is 10.2. The molecule has 0 heterocycles. The number of nitro groups is 1. The van der Waals surface area contributed by atoms with Gasteiger partial charge in [0.2, 0.25) is 5.75 Å². The third-order valence-electron chi connectivity index (χ3n) is 2.78. The monoisotopic (exact) mass is 293 g/mol. The zero-order chi connectivity index (χ0) is 15.4. The molecule has 0 atom stereocenters. The van der Waals surface area contributed by atoms with Crippen LogP contribution in [0.5, 0.6) is 17.2 Å². The number of nitrogens with zero attached hydrogens (tertiary/aromatic N) is 1. The number of aliphatic hydroxyl groups excluding tert-OH is 1. The quantitative estimate of drug-likeness (QED) is 0.677. The predicted octanol–water partition coefficient (Wildman–Crippen LogP) is 3.03. The average molecular weight is 293 g/mol. The van der Waals surface area contributed by atoms with Crippen LogP contribution in [0.3, 0.4) is 0 Å². The fourth-order valence-corrected chi connectivity index (χ4v) is 1.74. The van der Waals surface area contributed by atoms with Crippen LogP contribution >= 0.6 is 0 Å². The number of rotatable bonds is 5. The van der Waals surface area contributed by atoms with E-state index in [0.29, 0.717) is 5.75 Å². The van der Waals surface area contributed by atoms with Gasteiger partial charge in [0, 0.05) is 5.56 Å². The number of benzene rings is 2. The summed E-state index contributed by atoms with van der Waals surface area (Å²) in [6.07, 6.45) is 0. The van der Waals surface area contributed by atoms with Crippen molar-refractivity contribution in [1.82, 2.24) is 0 Å². The Labute approximate surface area is 119 Å². The first kappa shape index (κ1) is 14.7. The molecule has 7 heteroatoms. The number of aliphatic hydroxyl groups is 1. The number of hydrogen-bond donors (Lipinski definition) is 1. The molecule has 0 fully saturated rings. The average Bonchev–Trinajstić information content (AvgIpc) is 2.49. The highest BCUT2D eigenvalue weighted by Crippen LogP contribution is 2.35. The van der Waals surface area contributed by atoms with Crippen molar-refractivity contribution in [2.75, 3.05) is 7.11 Å². The molecule has 21 heavy (non-hydrogen) atoms. The second kappa shape index (κ2) is 6.19. The highest BCUT2D eigenvalue weighted by Gasteiger charge is 2.18. The van der Waals surface area contributed by atoms with Gasteiger partial charge in [0.1, 0.15) is 17.3 Å². The van der Waals surface area contributed by atoms with Crippen LogP contribution in [0.4, 0.5) is 10.1 Å². The standard InChI is InChI=1S/C14H12FNO5/c1-20-11-3-5-14(12(7-11)16(18)19)21-13-4-2-10(15)6-9(13)8-17/h2-7,17H,8H2,1H3. The minimum Gasteiger partial charge on any atom is -0.496 e. The summed E-state index contributed by atoms with van der Waals surface area (Å²) in [7, 11) is 1.39. The van der Waals surface area contributed by atoms with Crippen LogP contribution in [0.1, 0.15) is 5.56 Å². The molecule has 110 valence electrons. The van der Waals surface area contributed by atoms with E-state index >= 15 is 0 Å². The highest BCUT2D eigenvalue weighted by atomic mass is 19.1. The summed E-state index contributed by atoms with van der Waals surface area (Å²) in [5.74, 6) is -0.0968. The van der Waals surface area contributed by atoms with E-state index in [9.17, 15) is 19.6 Å². The van der Waals surface area contributed by atoms with Gasteiger partial charge in [-0.2, -0.15) is 0 Å². The molecule has 0 radical (unpaired) electrons. The van der Waals surface area contributed by atoms with E-state index in [-0.39, 0.29) is 22.7 Å². The Balaban J connectivity index is 2.42. The van der Waals surface area contributed by atoms with E-state index in [4.69, 9.17) is 9.47 Å². The maximum Gasteiger partial charge on any atom is 0.315 e. The third-order valence-corrected chi connectivity index (χ3v) is 2.78. The van der Waals surface area contributed by atoms with E-state index in [2.05, 4.69) is 0 Å². The molecular formula is C14H12FNO5. The van der Waals surface area contributed by atoms with Crippen LogP contribution < -0.4 is 9.47 Å². The fourth-order valence-electron chi connectivity index (χ4n) is 1.74. The van der Waals surface area contributed by atoms with Gasteiger partial charge in [0.15, 0.2) is 0 Å². The smallest absolute Gasteiger partial charge is 0.315 e. The van der Waals surface area contributed by atoms with Crippen molar-refractivity contribution in [3.05, 3.63) is 57.9 Å². The molecule has 0 amide bonds. The minimum atomic E-state index is -0.611. The van der Waals surface area contributed by atoms with Crippen LogP contribution in [0.2, 0.25) is 0 Å². The Bertz CT molecular complexity index is 674. The maximum absolute atomic E-state index is 13.1. The van der Waals surface area contributed by atoms with Gasteiger partial charge in [0.25, 0.3) is 0 Å². The van der Waals surface area contributed by atoms with Crippen LogP contribution in [0, 0.1) is 15.9 Å². The Morgan fingerprint density at radius 1 is 1.24 bits per heavy atom. The summed E-state index contributed by atoms with van der Waals surface area (Å²) in [6.45, 7) is -0.447. The summed E-state index contributed by atoms with van der Waals surface area (Å²) >= 11 is 0. The van der Waals surface area contributed by atoms with Gasteiger partial charge in [-0.3, -0.25) is 10.1 Å². The molecular weight excluding hydrogens is 281 g/mol. The van der Waals surface area contributed by atoms with Crippen LogP contribution in [-0.4, -0.2) is 17.1 Å². The number of ether oxygens (including phenoxy) is 2. The lowest BCUT2D eigenvalue weighted by Crippen LogP contribution is -1.97. The van der Waals surface area contributed by atoms with Crippen molar-refractivity contribution in [3.8, 4) is 17.2 Å². The van der Waals surface area contributed by atoms with E-state index in [1.807, 2.05) is 0 Å². The lowest BCUT2D eigenvalue weighted by atomic mass is 10.2. The number of halogens is 1. The number of methoxy groups -OCH3 is 1. The van der Waals surface area contributed by atoms with E-state index in [1.165, 1.54) is 31.4 Å². The SMILES string of the molecule is COc1ccc(Oc2ccc(F)cc2CO)c([N+](=O)[O-])c1. The van der Waals surface area contributed by atoms with E-state index in [1.54, 1.807) is 0 Å². The van der Waals surface area contributed by atoms with E-state index in [0.717, 1.165) is 12.1 Å². The van der Waals surface area contributed by atoms with Crippen LogP contribution in [0.15, 0.2) is 36.4 Å². The summed E-state index contributed by atoms with van der Waals surface area (Å²) in [5.41, 5.74) is -0.0947. The van der Waals surface area contributed by atoms with Crippen molar-refractivity contribution in [2.24, 2.45) is 0 Å². The Hall–Kier alpha value is -2.67. The lowest BCUT2D eigenvalue weighted by molar-refractivity contribution is -0.385. The zero-order valence-corrected chi connectivity index (χ0v) is 11.1. The molecule has 0 saturated heterocycles. The minimum absolute atomic E-state index is 0.0258. The second-order valence-corrected chi connectivity index (χ2v) is 4.10. The van der Waals surface area contributed by atoms with Crippen LogP contribution in [0.25, 0.3) is 0 Å². The molecule has 0 aliphatic carbocycles. The molecule has 0 aromatic heterocycles. The van der Waals surface area contributed by atoms with Crippen molar-refractivity contribution >= 4 is 5.69 Å². The maximum atomic E-state index is 13.1. The van der Waals surface area contributed by atoms with Crippen molar-refractivity contribution in [3.63, 3.8) is 0 Å². The van der Waals surface area contributed by atoms with Crippen LogP contribution in [-0.2, 0) is 6.61 Å². The van der Waals surface area contributed by atoms with Gasteiger partial charge in [-0.25, -0.2) is 4.39 Å². The van der Waals surface area contributed by atoms with Gasteiger partial charge in [-0.1, -0.05) is 0 Å². The van der Waals surface area contributed by atoms with Gasteiger partial charge in [-0.05, 0) is 30.3 Å². The summed E-state index contributed by atoms with van der Waals surface area (Å²) in [6, 6.07) is 7.65. The molecule has 1 N–H and O–H groups in total. The van der Waals surface area contributed by atoms with Gasteiger partial charge in [0.05, 0.1) is 24.7 Å². The Morgan fingerprint density at radius 2 is 1.95 bits per heavy atom.